The molecule has 0 N–H and O–H groups in total. The van der Waals surface area contributed by atoms with Gasteiger partial charge in [-0.15, -0.1) is 0 Å². The molecule has 4 nitrogen and oxygen atoms in total. The quantitative estimate of drug-likeness (QED) is 0.456. The Kier molecular flexibility index (Phi) is 3.89. The van der Waals surface area contributed by atoms with Crippen LogP contribution in [0.1, 0.15) is 24.2 Å². The Morgan fingerprint density at radius 2 is 1.82 bits per heavy atom. The van der Waals surface area contributed by atoms with Gasteiger partial charge in [0.25, 0.3) is 0 Å². The Balaban J connectivity index is 3.07. The van der Waals surface area contributed by atoms with E-state index in [9.17, 15) is 9.59 Å². The van der Waals surface area contributed by atoms with Crippen molar-refractivity contribution in [1.29, 1.82) is 0 Å². The Bertz CT molecular complexity index is 435. The van der Waals surface area contributed by atoms with Crippen molar-refractivity contribution >= 4 is 11.8 Å². The van der Waals surface area contributed by atoms with Crippen molar-refractivity contribution in [1.82, 2.24) is 0 Å². The van der Waals surface area contributed by atoms with Crippen LogP contribution in [0, 0.1) is 5.41 Å². The van der Waals surface area contributed by atoms with Crippen molar-refractivity contribution in [3.05, 3.63) is 29.8 Å². The highest BCUT2D eigenvalue weighted by molar-refractivity contribution is 6.11. The second-order valence-corrected chi connectivity index (χ2v) is 4.18. The Morgan fingerprint density at radius 1 is 1.18 bits per heavy atom. The van der Waals surface area contributed by atoms with Crippen LogP contribution in [0.4, 0.5) is 0 Å². The fourth-order valence-electron chi connectivity index (χ4n) is 1.47. The zero-order valence-electron chi connectivity index (χ0n) is 10.4. The van der Waals surface area contributed by atoms with Crippen LogP contribution in [0.3, 0.4) is 0 Å². The molecule has 0 spiro atoms. The van der Waals surface area contributed by atoms with Crippen molar-refractivity contribution in [3.8, 4) is 5.75 Å². The molecule has 0 radical (unpaired) electrons. The highest BCUT2D eigenvalue weighted by Crippen LogP contribution is 2.25. The second kappa shape index (κ2) is 4.99. The number of hydrogen-bond donors (Lipinski definition) is 0. The van der Waals surface area contributed by atoms with Gasteiger partial charge in [0.15, 0.2) is 5.78 Å². The van der Waals surface area contributed by atoms with Gasteiger partial charge < -0.3 is 9.47 Å². The molecule has 0 aliphatic heterocycles. The lowest BCUT2D eigenvalue weighted by molar-refractivity contribution is -0.147. The number of methoxy groups -OCH3 is 2. The lowest BCUT2D eigenvalue weighted by Gasteiger charge is -2.20. The van der Waals surface area contributed by atoms with Crippen molar-refractivity contribution in [2.24, 2.45) is 5.41 Å². The van der Waals surface area contributed by atoms with E-state index in [0.717, 1.165) is 0 Å². The Labute approximate surface area is 101 Å². The fourth-order valence-corrected chi connectivity index (χ4v) is 1.47. The molecule has 0 fully saturated rings. The molecule has 0 atom stereocenters. The van der Waals surface area contributed by atoms with Crippen molar-refractivity contribution in [2.45, 2.75) is 13.8 Å². The maximum Gasteiger partial charge on any atom is 0.319 e. The maximum atomic E-state index is 12.2. The van der Waals surface area contributed by atoms with Gasteiger partial charge in [0.2, 0.25) is 0 Å². The van der Waals surface area contributed by atoms with E-state index in [1.54, 1.807) is 38.1 Å². The van der Waals surface area contributed by atoms with Crippen molar-refractivity contribution < 1.29 is 19.1 Å². The van der Waals surface area contributed by atoms with Crippen LogP contribution in [0.5, 0.6) is 5.75 Å². The van der Waals surface area contributed by atoms with E-state index < -0.39 is 11.4 Å². The summed E-state index contributed by atoms with van der Waals surface area (Å²) in [7, 11) is 2.79. The van der Waals surface area contributed by atoms with E-state index in [-0.39, 0.29) is 5.78 Å². The third kappa shape index (κ3) is 2.64. The summed E-state index contributed by atoms with van der Waals surface area (Å²) >= 11 is 0. The number of ketones is 1. The monoisotopic (exact) mass is 236 g/mol. The molecule has 0 bridgehead atoms. The summed E-state index contributed by atoms with van der Waals surface area (Å²) in [6.45, 7) is 3.08. The molecule has 0 saturated heterocycles. The van der Waals surface area contributed by atoms with Crippen LogP contribution in [0.25, 0.3) is 0 Å². The zero-order chi connectivity index (χ0) is 13.1. The predicted molar refractivity (Wildman–Crippen MR) is 63.1 cm³/mol. The van der Waals surface area contributed by atoms with Crippen molar-refractivity contribution in [2.75, 3.05) is 14.2 Å². The van der Waals surface area contributed by atoms with Crippen LogP contribution in [0.15, 0.2) is 24.3 Å². The first-order valence-electron chi connectivity index (χ1n) is 5.20. The number of Topliss-reactive ketones (excluding diaryl/α,β-unsaturated/α-hetero) is 1. The lowest BCUT2D eigenvalue weighted by Crippen LogP contribution is -2.34. The number of esters is 1. The van der Waals surface area contributed by atoms with Gasteiger partial charge in [-0.05, 0) is 26.0 Å². The summed E-state index contributed by atoms with van der Waals surface area (Å²) < 4.78 is 9.66. The van der Waals surface area contributed by atoms with Crippen LogP contribution < -0.4 is 4.74 Å². The van der Waals surface area contributed by atoms with Crippen LogP contribution >= 0.6 is 0 Å². The molecule has 0 aliphatic carbocycles. The lowest BCUT2D eigenvalue weighted by atomic mass is 9.84. The van der Waals surface area contributed by atoms with Gasteiger partial charge in [0, 0.05) is 5.56 Å². The van der Waals surface area contributed by atoms with Crippen LogP contribution in [-0.2, 0) is 9.53 Å². The first-order chi connectivity index (χ1) is 7.93. The third-order valence-corrected chi connectivity index (χ3v) is 2.60. The summed E-state index contributed by atoms with van der Waals surface area (Å²) in [4.78, 5) is 23.7. The number of benzene rings is 1. The normalized spacial score (nSPS) is 10.8. The van der Waals surface area contributed by atoms with E-state index in [1.165, 1.54) is 14.2 Å². The zero-order valence-corrected chi connectivity index (χ0v) is 10.4. The molecule has 1 aromatic carbocycles. The molecule has 0 unspecified atom stereocenters. The van der Waals surface area contributed by atoms with E-state index in [1.807, 2.05) is 0 Å². The predicted octanol–water partition coefficient (Wildman–Crippen LogP) is 2.08. The minimum atomic E-state index is -1.19. The summed E-state index contributed by atoms with van der Waals surface area (Å²) in [6.07, 6.45) is 0. The van der Waals surface area contributed by atoms with Gasteiger partial charge in [-0.3, -0.25) is 9.59 Å². The van der Waals surface area contributed by atoms with Crippen LogP contribution in [-0.4, -0.2) is 26.0 Å². The Hall–Kier alpha value is -1.84. The standard InChI is InChI=1S/C13H16O4/c1-13(2,12(15)17-4)11(14)9-6-5-7-10(8-9)16-3/h5-8H,1-4H3. The van der Waals surface area contributed by atoms with Gasteiger partial charge in [-0.25, -0.2) is 0 Å². The number of ether oxygens (including phenoxy) is 2. The summed E-state index contributed by atoms with van der Waals surface area (Å²) in [5.41, 5.74) is -0.763. The number of carbonyl (C=O) groups is 2. The molecule has 17 heavy (non-hydrogen) atoms. The van der Waals surface area contributed by atoms with Gasteiger partial charge >= 0.3 is 5.97 Å². The van der Waals surface area contributed by atoms with Gasteiger partial charge in [0.05, 0.1) is 14.2 Å². The molecule has 0 aromatic heterocycles. The highest BCUT2D eigenvalue weighted by Gasteiger charge is 2.37. The Morgan fingerprint density at radius 3 is 2.35 bits per heavy atom. The molecule has 4 heteroatoms. The van der Waals surface area contributed by atoms with E-state index in [0.29, 0.717) is 11.3 Å². The topological polar surface area (TPSA) is 52.6 Å². The average Bonchev–Trinajstić information content (AvgIpc) is 2.36. The number of rotatable bonds is 4. The van der Waals surface area contributed by atoms with Crippen LogP contribution in [0.2, 0.25) is 0 Å². The molecule has 0 aliphatic rings. The highest BCUT2D eigenvalue weighted by atomic mass is 16.5. The van der Waals surface area contributed by atoms with Gasteiger partial charge in [-0.1, -0.05) is 12.1 Å². The molecular formula is C13H16O4. The average molecular weight is 236 g/mol. The van der Waals surface area contributed by atoms with E-state index in [2.05, 4.69) is 4.74 Å². The smallest absolute Gasteiger partial charge is 0.319 e. The molecule has 1 rings (SSSR count). The minimum Gasteiger partial charge on any atom is -0.497 e. The molecular weight excluding hydrogens is 220 g/mol. The van der Waals surface area contributed by atoms with E-state index in [4.69, 9.17) is 4.74 Å². The maximum absolute atomic E-state index is 12.2. The summed E-state index contributed by atoms with van der Waals surface area (Å²) in [5, 5.41) is 0. The molecule has 92 valence electrons. The number of carbonyl (C=O) groups excluding carboxylic acids is 2. The third-order valence-electron chi connectivity index (χ3n) is 2.60. The SMILES string of the molecule is COC(=O)C(C)(C)C(=O)c1cccc(OC)c1. The summed E-state index contributed by atoms with van der Waals surface area (Å²) in [6, 6.07) is 6.70. The minimum absolute atomic E-state index is 0.289. The second-order valence-electron chi connectivity index (χ2n) is 4.18. The summed E-state index contributed by atoms with van der Waals surface area (Å²) in [5.74, 6) is -0.259. The largest absolute Gasteiger partial charge is 0.497 e. The van der Waals surface area contributed by atoms with Gasteiger partial charge in [-0.2, -0.15) is 0 Å². The molecule has 1 aromatic rings. The molecule has 0 saturated carbocycles. The molecule has 0 heterocycles. The van der Waals surface area contributed by atoms with Gasteiger partial charge in [0.1, 0.15) is 11.2 Å². The van der Waals surface area contributed by atoms with Crippen molar-refractivity contribution in [3.63, 3.8) is 0 Å². The first kappa shape index (κ1) is 13.2. The molecule has 0 amide bonds. The first-order valence-corrected chi connectivity index (χ1v) is 5.20. The fraction of sp³-hybridized carbons (Fsp3) is 0.385. The number of hydrogen-bond acceptors (Lipinski definition) is 4. The van der Waals surface area contributed by atoms with E-state index >= 15 is 0 Å².